The molecule has 138 valence electrons. The average molecular weight is 365 g/mol. The molecule has 2 aromatic carbocycles. The zero-order valence-electron chi connectivity index (χ0n) is 14.3. The third-order valence-electron chi connectivity index (χ3n) is 3.46. The number of hydrogen-bond donors (Lipinski definition) is 1. The van der Waals surface area contributed by atoms with Gasteiger partial charge in [0.15, 0.2) is 6.10 Å². The number of nitrogens with one attached hydrogen (secondary N) is 1. The number of hydrogen-bond acceptors (Lipinski definition) is 5. The van der Waals surface area contributed by atoms with Crippen LogP contribution in [0.25, 0.3) is 0 Å². The summed E-state index contributed by atoms with van der Waals surface area (Å²) in [5, 5.41) is 2.30. The van der Waals surface area contributed by atoms with Crippen molar-refractivity contribution in [2.45, 2.75) is 13.0 Å². The lowest BCUT2D eigenvalue weighted by Crippen LogP contribution is -2.31. The summed E-state index contributed by atoms with van der Waals surface area (Å²) in [4.78, 5) is 24.0. The molecule has 0 fully saturated rings. The molecule has 0 saturated carbocycles. The zero-order chi connectivity index (χ0) is 19.3. The lowest BCUT2D eigenvalue weighted by molar-refractivity contribution is -0.122. The molecule has 0 radical (unpaired) electrons. The van der Waals surface area contributed by atoms with Crippen molar-refractivity contribution >= 4 is 17.6 Å². The van der Waals surface area contributed by atoms with E-state index in [1.807, 2.05) is 0 Å². The molecule has 1 atom stereocenters. The molecule has 0 aliphatic carbocycles. The minimum atomic E-state index is -1.09. The van der Waals surface area contributed by atoms with Crippen LogP contribution in [-0.2, 0) is 9.53 Å². The molecule has 1 unspecified atom stereocenters. The van der Waals surface area contributed by atoms with Gasteiger partial charge in [0.25, 0.3) is 5.91 Å². The molecule has 0 aliphatic heterocycles. The quantitative estimate of drug-likeness (QED) is 0.796. The van der Waals surface area contributed by atoms with Gasteiger partial charge >= 0.3 is 5.97 Å². The number of amides is 1. The molecule has 0 bridgehead atoms. The van der Waals surface area contributed by atoms with E-state index in [0.29, 0.717) is 11.8 Å². The Morgan fingerprint density at radius 1 is 1.08 bits per heavy atom. The number of anilines is 1. The molecule has 6 nitrogen and oxygen atoms in total. The van der Waals surface area contributed by atoms with Crippen molar-refractivity contribution in [1.82, 2.24) is 0 Å². The first-order chi connectivity index (χ1) is 12.3. The van der Waals surface area contributed by atoms with Crippen molar-refractivity contribution in [3.8, 4) is 11.5 Å². The zero-order valence-corrected chi connectivity index (χ0v) is 14.3. The van der Waals surface area contributed by atoms with Gasteiger partial charge in [-0.05, 0) is 31.2 Å². The number of ether oxygens (including phenoxy) is 3. The van der Waals surface area contributed by atoms with Crippen LogP contribution >= 0.6 is 0 Å². The summed E-state index contributed by atoms with van der Waals surface area (Å²) < 4.78 is 41.8. The van der Waals surface area contributed by atoms with Gasteiger partial charge in [0.1, 0.15) is 28.7 Å². The molecular weight excluding hydrogens is 348 g/mol. The Bertz CT molecular complexity index is 825. The second-order valence-corrected chi connectivity index (χ2v) is 5.23. The highest BCUT2D eigenvalue weighted by molar-refractivity contribution is 5.95. The number of benzene rings is 2. The minimum Gasteiger partial charge on any atom is -0.497 e. The van der Waals surface area contributed by atoms with Crippen LogP contribution in [0.1, 0.15) is 17.3 Å². The fraction of sp³-hybridized carbons (Fsp3) is 0.222. The summed E-state index contributed by atoms with van der Waals surface area (Å²) in [6.45, 7) is 1.41. The van der Waals surface area contributed by atoms with Crippen molar-refractivity contribution in [2.75, 3.05) is 19.5 Å². The normalized spacial score (nSPS) is 11.4. The van der Waals surface area contributed by atoms with E-state index >= 15 is 0 Å². The molecule has 2 aromatic rings. The van der Waals surface area contributed by atoms with Crippen molar-refractivity contribution in [3.63, 3.8) is 0 Å². The molecule has 2 rings (SSSR count). The first-order valence-electron chi connectivity index (χ1n) is 7.54. The van der Waals surface area contributed by atoms with Gasteiger partial charge in [0, 0.05) is 12.1 Å². The van der Waals surface area contributed by atoms with E-state index in [1.165, 1.54) is 39.3 Å². The highest BCUT2D eigenvalue weighted by atomic mass is 19.1. The van der Waals surface area contributed by atoms with Crippen LogP contribution in [0.15, 0.2) is 36.4 Å². The summed E-state index contributed by atoms with van der Waals surface area (Å²) in [7, 11) is 2.65. The number of carbonyl (C=O) groups is 2. The van der Waals surface area contributed by atoms with E-state index in [-0.39, 0.29) is 17.0 Å². The molecule has 8 heteroatoms. The Balaban J connectivity index is 2.18. The van der Waals surface area contributed by atoms with Crippen molar-refractivity contribution < 1.29 is 32.6 Å². The highest BCUT2D eigenvalue weighted by Gasteiger charge is 2.21. The second-order valence-electron chi connectivity index (χ2n) is 5.23. The molecule has 0 saturated heterocycles. The molecule has 1 amide bonds. The molecule has 26 heavy (non-hydrogen) atoms. The maximum atomic E-state index is 13.6. The summed E-state index contributed by atoms with van der Waals surface area (Å²) in [6.07, 6.45) is -1.09. The maximum Gasteiger partial charge on any atom is 0.341 e. The summed E-state index contributed by atoms with van der Waals surface area (Å²) in [6, 6.07) is 7.16. The third-order valence-corrected chi connectivity index (χ3v) is 3.46. The van der Waals surface area contributed by atoms with Crippen LogP contribution in [0.2, 0.25) is 0 Å². The third kappa shape index (κ3) is 4.47. The van der Waals surface area contributed by atoms with Gasteiger partial charge in [0.05, 0.1) is 19.9 Å². The molecule has 0 aliphatic rings. The van der Waals surface area contributed by atoms with E-state index in [9.17, 15) is 18.4 Å². The first-order valence-corrected chi connectivity index (χ1v) is 7.54. The van der Waals surface area contributed by atoms with E-state index in [4.69, 9.17) is 9.47 Å². The molecule has 0 heterocycles. The van der Waals surface area contributed by atoms with Crippen molar-refractivity contribution in [3.05, 3.63) is 53.6 Å². The second kappa shape index (κ2) is 8.28. The van der Waals surface area contributed by atoms with E-state index in [0.717, 1.165) is 12.1 Å². The summed E-state index contributed by atoms with van der Waals surface area (Å²) in [5.74, 6) is -2.54. The lowest BCUT2D eigenvalue weighted by Gasteiger charge is -2.17. The Labute approximate surface area is 148 Å². The van der Waals surface area contributed by atoms with Crippen molar-refractivity contribution in [1.29, 1.82) is 0 Å². The fourth-order valence-corrected chi connectivity index (χ4v) is 2.07. The van der Waals surface area contributed by atoms with E-state index in [1.54, 1.807) is 0 Å². The summed E-state index contributed by atoms with van der Waals surface area (Å²) in [5.41, 5.74) is -0.0911. The van der Waals surface area contributed by atoms with Gasteiger partial charge in [-0.2, -0.15) is 0 Å². The lowest BCUT2D eigenvalue weighted by atomic mass is 10.2. The Kier molecular flexibility index (Phi) is 6.11. The number of esters is 1. The average Bonchev–Trinajstić information content (AvgIpc) is 2.63. The monoisotopic (exact) mass is 365 g/mol. The summed E-state index contributed by atoms with van der Waals surface area (Å²) >= 11 is 0. The predicted molar refractivity (Wildman–Crippen MR) is 89.4 cm³/mol. The number of methoxy groups -OCH3 is 2. The predicted octanol–water partition coefficient (Wildman–Crippen LogP) is 3.17. The van der Waals surface area contributed by atoms with Crippen LogP contribution in [0.4, 0.5) is 14.5 Å². The van der Waals surface area contributed by atoms with Crippen LogP contribution in [0.5, 0.6) is 11.5 Å². The molecule has 1 N–H and O–H groups in total. The number of carbonyl (C=O) groups excluding carboxylic acids is 2. The Morgan fingerprint density at radius 2 is 1.81 bits per heavy atom. The smallest absolute Gasteiger partial charge is 0.341 e. The highest BCUT2D eigenvalue weighted by Crippen LogP contribution is 2.27. The van der Waals surface area contributed by atoms with Crippen LogP contribution in [0, 0.1) is 11.6 Å². The first kappa shape index (κ1) is 19.2. The fourth-order valence-electron chi connectivity index (χ4n) is 2.07. The van der Waals surface area contributed by atoms with E-state index in [2.05, 4.69) is 10.1 Å². The van der Waals surface area contributed by atoms with Gasteiger partial charge in [-0.25, -0.2) is 13.6 Å². The maximum absolute atomic E-state index is 13.6. The van der Waals surface area contributed by atoms with Gasteiger partial charge in [0.2, 0.25) is 0 Å². The molecular formula is C18H17F2NO5. The van der Waals surface area contributed by atoms with Gasteiger partial charge in [-0.15, -0.1) is 0 Å². The van der Waals surface area contributed by atoms with Crippen LogP contribution < -0.4 is 14.8 Å². The van der Waals surface area contributed by atoms with Crippen LogP contribution in [-0.4, -0.2) is 32.2 Å². The van der Waals surface area contributed by atoms with Crippen LogP contribution in [0.3, 0.4) is 0 Å². The topological polar surface area (TPSA) is 73.9 Å². The minimum absolute atomic E-state index is 0.0680. The van der Waals surface area contributed by atoms with Gasteiger partial charge < -0.3 is 19.5 Å². The SMILES string of the molecule is COC(=O)c1ccc(OC)cc1OC(C)C(=O)Nc1ccc(F)cc1F. The number of halogens is 2. The Hall–Kier alpha value is -3.16. The van der Waals surface area contributed by atoms with E-state index < -0.39 is 29.6 Å². The largest absolute Gasteiger partial charge is 0.497 e. The molecule has 0 spiro atoms. The van der Waals surface area contributed by atoms with Gasteiger partial charge in [-0.1, -0.05) is 0 Å². The molecule has 0 aromatic heterocycles. The van der Waals surface area contributed by atoms with Gasteiger partial charge in [-0.3, -0.25) is 4.79 Å². The number of rotatable bonds is 6. The van der Waals surface area contributed by atoms with Crippen molar-refractivity contribution in [2.24, 2.45) is 0 Å². The standard InChI is InChI=1S/C18H17F2NO5/c1-10(17(22)21-15-7-4-11(19)8-14(15)20)26-16-9-12(24-2)5-6-13(16)18(23)25-3/h4-10H,1-3H3,(H,21,22). The Morgan fingerprint density at radius 3 is 2.42 bits per heavy atom.